The number of thiophene rings is 1. The van der Waals surface area contributed by atoms with E-state index in [2.05, 4.69) is 0 Å². The van der Waals surface area contributed by atoms with Crippen molar-refractivity contribution < 1.29 is 19.1 Å². The van der Waals surface area contributed by atoms with Crippen molar-refractivity contribution in [3.05, 3.63) is 52.2 Å². The number of ether oxygens (including phenoxy) is 1. The summed E-state index contributed by atoms with van der Waals surface area (Å²) in [5.41, 5.74) is 0.641. The molecule has 142 valence electrons. The van der Waals surface area contributed by atoms with Crippen LogP contribution in [0.25, 0.3) is 0 Å². The van der Waals surface area contributed by atoms with Crippen molar-refractivity contribution in [3.63, 3.8) is 0 Å². The topological polar surface area (TPSA) is 66.9 Å². The number of Topliss-reactive ketones (excluding diaryl/α,β-unsaturated/α-hetero) is 1. The van der Waals surface area contributed by atoms with Crippen LogP contribution in [0.1, 0.15) is 33.4 Å². The molecule has 0 spiro atoms. The number of hydrogen-bond acceptors (Lipinski definition) is 5. The first-order chi connectivity index (χ1) is 13.1. The summed E-state index contributed by atoms with van der Waals surface area (Å²) in [6.45, 7) is 3.82. The van der Waals surface area contributed by atoms with E-state index < -0.39 is 0 Å². The molecule has 7 heteroatoms. The van der Waals surface area contributed by atoms with Gasteiger partial charge in [0.05, 0.1) is 4.88 Å². The molecule has 3 rings (SSSR count). The number of hydrogen-bond donors (Lipinski definition) is 0. The zero-order valence-electron chi connectivity index (χ0n) is 15.2. The highest BCUT2D eigenvalue weighted by Crippen LogP contribution is 2.15. The van der Waals surface area contributed by atoms with Crippen molar-refractivity contribution in [2.75, 3.05) is 32.8 Å². The fourth-order valence-corrected chi connectivity index (χ4v) is 3.58. The lowest BCUT2D eigenvalue weighted by Crippen LogP contribution is -2.51. The van der Waals surface area contributed by atoms with Gasteiger partial charge in [0, 0.05) is 38.2 Å². The Morgan fingerprint density at radius 3 is 2.26 bits per heavy atom. The number of rotatable bonds is 6. The molecular weight excluding hydrogens is 364 g/mol. The largest absolute Gasteiger partial charge is 0.484 e. The maximum atomic E-state index is 12.3. The Kier molecular flexibility index (Phi) is 6.24. The Labute approximate surface area is 162 Å². The molecule has 6 nitrogen and oxygen atoms in total. The summed E-state index contributed by atoms with van der Waals surface area (Å²) < 4.78 is 5.54. The van der Waals surface area contributed by atoms with Gasteiger partial charge < -0.3 is 14.5 Å². The van der Waals surface area contributed by atoms with Crippen molar-refractivity contribution >= 4 is 28.9 Å². The van der Waals surface area contributed by atoms with Crippen molar-refractivity contribution in [2.24, 2.45) is 0 Å². The van der Waals surface area contributed by atoms with E-state index in [1.165, 1.54) is 11.3 Å². The van der Waals surface area contributed by atoms with Crippen molar-refractivity contribution in [2.45, 2.75) is 13.3 Å². The van der Waals surface area contributed by atoms with Gasteiger partial charge in [-0.15, -0.1) is 11.3 Å². The predicted octanol–water partition coefficient (Wildman–Crippen LogP) is 2.70. The van der Waals surface area contributed by atoms with E-state index in [9.17, 15) is 14.4 Å². The normalized spacial score (nSPS) is 14.1. The number of carbonyl (C=O) groups excluding carboxylic acids is 3. The van der Waals surface area contributed by atoms with Crippen LogP contribution in [0.2, 0.25) is 0 Å². The summed E-state index contributed by atoms with van der Waals surface area (Å²) >= 11 is 1.43. The molecule has 1 aromatic heterocycles. The SMILES string of the molecule is CCC(=O)c1ccc(OCC(=O)N2CCN(C(=O)c3cccs3)CC2)cc1. The second kappa shape index (κ2) is 8.81. The first kappa shape index (κ1) is 19.1. The lowest BCUT2D eigenvalue weighted by atomic mass is 10.1. The number of ketones is 1. The first-order valence-electron chi connectivity index (χ1n) is 8.95. The van der Waals surface area contributed by atoms with Gasteiger partial charge >= 0.3 is 0 Å². The Hall–Kier alpha value is -2.67. The fourth-order valence-electron chi connectivity index (χ4n) is 2.89. The molecule has 2 aromatic rings. The van der Waals surface area contributed by atoms with Crippen molar-refractivity contribution in [1.29, 1.82) is 0 Å². The van der Waals surface area contributed by atoms with E-state index in [-0.39, 0.29) is 24.2 Å². The van der Waals surface area contributed by atoms with Crippen molar-refractivity contribution in [3.8, 4) is 5.75 Å². The van der Waals surface area contributed by atoms with Gasteiger partial charge in [0.2, 0.25) is 0 Å². The van der Waals surface area contributed by atoms with Crippen LogP contribution in [0.5, 0.6) is 5.75 Å². The van der Waals surface area contributed by atoms with Crippen LogP contribution in [0.15, 0.2) is 41.8 Å². The van der Waals surface area contributed by atoms with Gasteiger partial charge in [-0.25, -0.2) is 0 Å². The maximum Gasteiger partial charge on any atom is 0.264 e. The van der Waals surface area contributed by atoms with Gasteiger partial charge in [0.15, 0.2) is 12.4 Å². The Balaban J connectivity index is 1.45. The molecule has 1 aliphatic rings. The average molecular weight is 386 g/mol. The molecule has 1 fully saturated rings. The second-order valence-electron chi connectivity index (χ2n) is 6.24. The molecule has 0 unspecified atom stereocenters. The number of piperazine rings is 1. The summed E-state index contributed by atoms with van der Waals surface area (Å²) in [5, 5.41) is 1.88. The molecule has 0 radical (unpaired) electrons. The highest BCUT2D eigenvalue weighted by molar-refractivity contribution is 7.12. The number of carbonyl (C=O) groups is 3. The number of amides is 2. The molecule has 1 aromatic carbocycles. The molecule has 2 amide bonds. The molecule has 0 aliphatic carbocycles. The van der Waals surface area contributed by atoms with Crippen LogP contribution in [0.3, 0.4) is 0 Å². The molecule has 0 N–H and O–H groups in total. The highest BCUT2D eigenvalue weighted by Gasteiger charge is 2.25. The molecular formula is C20H22N2O4S. The third-order valence-corrected chi connectivity index (χ3v) is 5.37. The minimum absolute atomic E-state index is 0.0232. The minimum Gasteiger partial charge on any atom is -0.484 e. The van der Waals surface area contributed by atoms with Gasteiger partial charge in [0.25, 0.3) is 11.8 Å². The highest BCUT2D eigenvalue weighted by atomic mass is 32.1. The zero-order valence-corrected chi connectivity index (χ0v) is 16.0. The summed E-state index contributed by atoms with van der Waals surface area (Å²) in [7, 11) is 0. The number of benzene rings is 1. The maximum absolute atomic E-state index is 12.3. The standard InChI is InChI=1S/C20H22N2O4S/c1-2-17(23)15-5-7-16(8-6-15)26-14-19(24)21-9-11-22(12-10-21)20(25)18-4-3-13-27-18/h3-8,13H,2,9-12,14H2,1H3. The lowest BCUT2D eigenvalue weighted by Gasteiger charge is -2.34. The van der Waals surface area contributed by atoms with Gasteiger partial charge in [-0.2, -0.15) is 0 Å². The summed E-state index contributed by atoms with van der Waals surface area (Å²) in [6.07, 6.45) is 0.458. The molecule has 1 saturated heterocycles. The third kappa shape index (κ3) is 4.74. The van der Waals surface area contributed by atoms with Crippen molar-refractivity contribution in [1.82, 2.24) is 9.80 Å². The Morgan fingerprint density at radius 1 is 1.00 bits per heavy atom. The summed E-state index contributed by atoms with van der Waals surface area (Å²) in [6, 6.07) is 10.5. The van der Waals surface area contributed by atoms with Crippen LogP contribution in [0.4, 0.5) is 0 Å². The monoisotopic (exact) mass is 386 g/mol. The third-order valence-electron chi connectivity index (χ3n) is 4.51. The quantitative estimate of drug-likeness (QED) is 0.716. The molecule has 0 atom stereocenters. The van der Waals surface area contributed by atoms with Gasteiger partial charge in [-0.1, -0.05) is 13.0 Å². The van der Waals surface area contributed by atoms with E-state index in [0.29, 0.717) is 43.9 Å². The molecule has 0 bridgehead atoms. The Bertz CT molecular complexity index is 794. The molecule has 0 saturated carbocycles. The summed E-state index contributed by atoms with van der Waals surface area (Å²) in [5.74, 6) is 0.553. The van der Waals surface area contributed by atoms with E-state index in [4.69, 9.17) is 4.74 Å². The first-order valence-corrected chi connectivity index (χ1v) is 9.83. The predicted molar refractivity (Wildman–Crippen MR) is 103 cm³/mol. The van der Waals surface area contributed by atoms with E-state index in [0.717, 1.165) is 4.88 Å². The Morgan fingerprint density at radius 2 is 1.67 bits per heavy atom. The molecule has 1 aliphatic heterocycles. The van der Waals surface area contributed by atoms with Crippen LogP contribution < -0.4 is 4.74 Å². The minimum atomic E-state index is -0.105. The van der Waals surface area contributed by atoms with Gasteiger partial charge in [0.1, 0.15) is 5.75 Å². The smallest absolute Gasteiger partial charge is 0.264 e. The van der Waals surface area contributed by atoms with Gasteiger partial charge in [-0.05, 0) is 35.7 Å². The van der Waals surface area contributed by atoms with E-state index in [1.807, 2.05) is 24.4 Å². The molecule has 2 heterocycles. The average Bonchev–Trinajstić information content (AvgIpc) is 3.26. The summed E-state index contributed by atoms with van der Waals surface area (Å²) in [4.78, 5) is 40.5. The van der Waals surface area contributed by atoms with E-state index >= 15 is 0 Å². The van der Waals surface area contributed by atoms with Crippen LogP contribution >= 0.6 is 11.3 Å². The van der Waals surface area contributed by atoms with Crippen LogP contribution in [-0.2, 0) is 4.79 Å². The van der Waals surface area contributed by atoms with Crippen LogP contribution in [-0.4, -0.2) is 60.2 Å². The van der Waals surface area contributed by atoms with E-state index in [1.54, 1.807) is 34.1 Å². The number of nitrogens with zero attached hydrogens (tertiary/aromatic N) is 2. The fraction of sp³-hybridized carbons (Fsp3) is 0.350. The second-order valence-corrected chi connectivity index (χ2v) is 7.19. The zero-order chi connectivity index (χ0) is 19.2. The lowest BCUT2D eigenvalue weighted by molar-refractivity contribution is -0.134. The van der Waals surface area contributed by atoms with Gasteiger partial charge in [-0.3, -0.25) is 14.4 Å². The molecule has 27 heavy (non-hydrogen) atoms. The van der Waals surface area contributed by atoms with Crippen LogP contribution in [0, 0.1) is 0 Å².